The summed E-state index contributed by atoms with van der Waals surface area (Å²) < 4.78 is 5.50. The van der Waals surface area contributed by atoms with Gasteiger partial charge in [0.25, 0.3) is 0 Å². The van der Waals surface area contributed by atoms with Crippen LogP contribution in [0.15, 0.2) is 48.5 Å². The van der Waals surface area contributed by atoms with Crippen LogP contribution >= 0.6 is 0 Å². The highest BCUT2D eigenvalue weighted by Gasteiger charge is 2.06. The average Bonchev–Trinajstić information content (AvgIpc) is 2.49. The van der Waals surface area contributed by atoms with Crippen LogP contribution in [0.3, 0.4) is 0 Å². The largest absolute Gasteiger partial charge is 0.398 e. The molecule has 0 bridgehead atoms. The Bertz CT molecular complexity index is 597. The highest BCUT2D eigenvalue weighted by atomic mass is 16.5. The number of ether oxygens (including phenoxy) is 1. The summed E-state index contributed by atoms with van der Waals surface area (Å²) in [5.41, 5.74) is 9.22. The average molecular weight is 284 g/mol. The van der Waals surface area contributed by atoms with Crippen molar-refractivity contribution in [3.8, 4) is 0 Å². The molecule has 0 atom stereocenters. The van der Waals surface area contributed by atoms with Crippen molar-refractivity contribution in [2.75, 3.05) is 17.7 Å². The number of carbonyl (C=O) groups excluding carboxylic acids is 1. The lowest BCUT2D eigenvalue weighted by atomic mass is 10.1. The van der Waals surface area contributed by atoms with Gasteiger partial charge >= 0.3 is 0 Å². The van der Waals surface area contributed by atoms with Gasteiger partial charge in [-0.1, -0.05) is 36.4 Å². The van der Waals surface area contributed by atoms with Crippen molar-refractivity contribution in [3.63, 3.8) is 0 Å². The third kappa shape index (κ3) is 4.61. The standard InChI is InChI=1S/C17H20N2O2/c1-13-15(18)8-5-9-16(13)19-17(20)10-11-21-12-14-6-3-2-4-7-14/h2-9H,10-12,18H2,1H3,(H,19,20). The van der Waals surface area contributed by atoms with E-state index >= 15 is 0 Å². The predicted octanol–water partition coefficient (Wildman–Crippen LogP) is 3.12. The van der Waals surface area contributed by atoms with Crippen LogP contribution in [0.4, 0.5) is 11.4 Å². The number of nitrogens with one attached hydrogen (secondary N) is 1. The van der Waals surface area contributed by atoms with Crippen molar-refractivity contribution >= 4 is 17.3 Å². The number of carbonyl (C=O) groups is 1. The molecular formula is C17H20N2O2. The molecule has 0 aliphatic heterocycles. The van der Waals surface area contributed by atoms with Gasteiger partial charge in [0.15, 0.2) is 0 Å². The van der Waals surface area contributed by atoms with E-state index in [1.165, 1.54) is 0 Å². The molecule has 4 nitrogen and oxygen atoms in total. The highest BCUT2D eigenvalue weighted by molar-refractivity contribution is 5.92. The normalized spacial score (nSPS) is 10.3. The fourth-order valence-corrected chi connectivity index (χ4v) is 1.93. The van der Waals surface area contributed by atoms with Gasteiger partial charge in [0, 0.05) is 11.4 Å². The maximum absolute atomic E-state index is 11.9. The second kappa shape index (κ2) is 7.45. The molecule has 0 radical (unpaired) electrons. The third-order valence-electron chi connectivity index (χ3n) is 3.23. The van der Waals surface area contributed by atoms with Gasteiger partial charge in [0.2, 0.25) is 5.91 Å². The zero-order valence-corrected chi connectivity index (χ0v) is 12.1. The first-order valence-electron chi connectivity index (χ1n) is 6.93. The molecule has 0 fully saturated rings. The van der Waals surface area contributed by atoms with E-state index in [1.54, 1.807) is 0 Å². The SMILES string of the molecule is Cc1c(N)cccc1NC(=O)CCOCc1ccccc1. The Morgan fingerprint density at radius 1 is 1.14 bits per heavy atom. The molecule has 2 rings (SSSR count). The second-order valence-corrected chi connectivity index (χ2v) is 4.86. The van der Waals surface area contributed by atoms with E-state index in [0.29, 0.717) is 25.3 Å². The maximum atomic E-state index is 11.9. The molecule has 0 saturated carbocycles. The van der Waals surface area contributed by atoms with Gasteiger partial charge in [-0.15, -0.1) is 0 Å². The number of rotatable bonds is 6. The van der Waals surface area contributed by atoms with E-state index < -0.39 is 0 Å². The third-order valence-corrected chi connectivity index (χ3v) is 3.23. The molecule has 0 aliphatic carbocycles. The first-order chi connectivity index (χ1) is 10.2. The van der Waals surface area contributed by atoms with Crippen LogP contribution < -0.4 is 11.1 Å². The highest BCUT2D eigenvalue weighted by Crippen LogP contribution is 2.20. The molecular weight excluding hydrogens is 264 g/mol. The molecule has 110 valence electrons. The summed E-state index contributed by atoms with van der Waals surface area (Å²) >= 11 is 0. The van der Waals surface area contributed by atoms with E-state index in [4.69, 9.17) is 10.5 Å². The van der Waals surface area contributed by atoms with Crippen LogP contribution in [0.5, 0.6) is 0 Å². The van der Waals surface area contributed by atoms with Gasteiger partial charge in [-0.25, -0.2) is 0 Å². The predicted molar refractivity (Wildman–Crippen MR) is 84.9 cm³/mol. The van der Waals surface area contributed by atoms with Crippen molar-refractivity contribution in [3.05, 3.63) is 59.7 Å². The number of amides is 1. The van der Waals surface area contributed by atoms with Crippen molar-refractivity contribution in [1.82, 2.24) is 0 Å². The number of hydrogen-bond donors (Lipinski definition) is 2. The first-order valence-corrected chi connectivity index (χ1v) is 6.93. The minimum Gasteiger partial charge on any atom is -0.398 e. The lowest BCUT2D eigenvalue weighted by Gasteiger charge is -2.10. The zero-order chi connectivity index (χ0) is 15.1. The molecule has 0 aromatic heterocycles. The Morgan fingerprint density at radius 2 is 1.90 bits per heavy atom. The molecule has 4 heteroatoms. The Kier molecular flexibility index (Phi) is 5.35. The van der Waals surface area contributed by atoms with E-state index in [0.717, 1.165) is 16.8 Å². The fourth-order valence-electron chi connectivity index (χ4n) is 1.93. The van der Waals surface area contributed by atoms with Crippen LogP contribution in [0.2, 0.25) is 0 Å². The van der Waals surface area contributed by atoms with E-state index in [1.807, 2.05) is 55.5 Å². The lowest BCUT2D eigenvalue weighted by molar-refractivity contribution is -0.117. The summed E-state index contributed by atoms with van der Waals surface area (Å²) in [6.45, 7) is 2.80. The Labute approximate surface area is 124 Å². The van der Waals surface area contributed by atoms with E-state index in [9.17, 15) is 4.79 Å². The minimum absolute atomic E-state index is 0.0724. The van der Waals surface area contributed by atoms with Crippen molar-refractivity contribution in [2.24, 2.45) is 0 Å². The Morgan fingerprint density at radius 3 is 2.67 bits per heavy atom. The van der Waals surface area contributed by atoms with E-state index in [2.05, 4.69) is 5.32 Å². The number of anilines is 2. The molecule has 0 unspecified atom stereocenters. The van der Waals surface area contributed by atoms with Crippen molar-refractivity contribution in [1.29, 1.82) is 0 Å². The second-order valence-electron chi connectivity index (χ2n) is 4.86. The first kappa shape index (κ1) is 15.1. The smallest absolute Gasteiger partial charge is 0.226 e. The fraction of sp³-hybridized carbons (Fsp3) is 0.235. The summed E-state index contributed by atoms with van der Waals surface area (Å²) in [4.78, 5) is 11.9. The summed E-state index contributed by atoms with van der Waals surface area (Å²) in [5, 5.41) is 2.85. The van der Waals surface area contributed by atoms with Crippen molar-refractivity contribution in [2.45, 2.75) is 20.0 Å². The summed E-state index contributed by atoms with van der Waals surface area (Å²) in [6, 6.07) is 15.4. The van der Waals surface area contributed by atoms with Gasteiger partial charge in [-0.3, -0.25) is 4.79 Å². The summed E-state index contributed by atoms with van der Waals surface area (Å²) in [6.07, 6.45) is 0.321. The molecule has 0 spiro atoms. The summed E-state index contributed by atoms with van der Waals surface area (Å²) in [5.74, 6) is -0.0724. The zero-order valence-electron chi connectivity index (χ0n) is 12.1. The molecule has 3 N–H and O–H groups in total. The quantitative estimate of drug-likeness (QED) is 0.632. The molecule has 21 heavy (non-hydrogen) atoms. The van der Waals surface area contributed by atoms with Crippen LogP contribution in [0.1, 0.15) is 17.5 Å². The lowest BCUT2D eigenvalue weighted by Crippen LogP contribution is -2.15. The monoisotopic (exact) mass is 284 g/mol. The number of nitrogens with two attached hydrogens (primary N) is 1. The minimum atomic E-state index is -0.0724. The van der Waals surface area contributed by atoms with Gasteiger partial charge < -0.3 is 15.8 Å². The Balaban J connectivity index is 1.74. The van der Waals surface area contributed by atoms with Gasteiger partial charge in [0.05, 0.1) is 19.6 Å². The summed E-state index contributed by atoms with van der Waals surface area (Å²) in [7, 11) is 0. The van der Waals surface area contributed by atoms with Gasteiger partial charge in [0.1, 0.15) is 0 Å². The number of nitrogen functional groups attached to an aromatic ring is 1. The molecule has 2 aromatic rings. The number of hydrogen-bond acceptors (Lipinski definition) is 3. The van der Waals surface area contributed by atoms with Gasteiger partial charge in [-0.05, 0) is 30.2 Å². The number of benzene rings is 2. The van der Waals surface area contributed by atoms with Crippen LogP contribution in [0, 0.1) is 6.92 Å². The van der Waals surface area contributed by atoms with Gasteiger partial charge in [-0.2, -0.15) is 0 Å². The molecule has 1 amide bonds. The van der Waals surface area contributed by atoms with Crippen LogP contribution in [-0.4, -0.2) is 12.5 Å². The molecule has 0 saturated heterocycles. The molecule has 0 aliphatic rings. The van der Waals surface area contributed by atoms with E-state index in [-0.39, 0.29) is 5.91 Å². The maximum Gasteiger partial charge on any atom is 0.226 e. The Hall–Kier alpha value is -2.33. The molecule has 2 aromatic carbocycles. The van der Waals surface area contributed by atoms with Crippen LogP contribution in [-0.2, 0) is 16.1 Å². The van der Waals surface area contributed by atoms with Crippen LogP contribution in [0.25, 0.3) is 0 Å². The molecule has 0 heterocycles. The topological polar surface area (TPSA) is 64.3 Å². The van der Waals surface area contributed by atoms with Crippen molar-refractivity contribution < 1.29 is 9.53 Å².